The zero-order valence-corrected chi connectivity index (χ0v) is 36.0. The van der Waals surface area contributed by atoms with E-state index in [2.05, 4.69) is 91.3 Å². The quantitative estimate of drug-likeness (QED) is 0.0155. The number of phosphoric acid groups is 1. The van der Waals surface area contributed by atoms with Gasteiger partial charge in [0.25, 0.3) is 0 Å². The van der Waals surface area contributed by atoms with Gasteiger partial charge in [-0.15, -0.1) is 0 Å². The molecule has 0 aromatic carbocycles. The van der Waals surface area contributed by atoms with Crippen LogP contribution in [0.2, 0.25) is 0 Å². The number of phosphoric ester groups is 1. The number of carbonyl (C=O) groups excluding carboxylic acids is 2. The first-order valence-corrected chi connectivity index (χ1v) is 22.4. The average molecular weight is 833 g/mol. The zero-order valence-electron chi connectivity index (χ0n) is 35.1. The minimum absolute atomic E-state index is 0.0199. The lowest BCUT2D eigenvalue weighted by Crippen LogP contribution is -2.29. The van der Waals surface area contributed by atoms with E-state index in [1.807, 2.05) is 12.2 Å². The summed E-state index contributed by atoms with van der Waals surface area (Å²) < 4.78 is 32.5. The van der Waals surface area contributed by atoms with Crippen molar-refractivity contribution in [2.24, 2.45) is 0 Å². The van der Waals surface area contributed by atoms with E-state index < -0.39 is 64.5 Å². The third-order valence-electron chi connectivity index (χ3n) is 8.01. The summed E-state index contributed by atoms with van der Waals surface area (Å²) >= 11 is 0. The Labute approximate surface area is 348 Å². The number of rotatable bonds is 37. The molecule has 0 saturated carbocycles. The molecule has 11 nitrogen and oxygen atoms in total. The largest absolute Gasteiger partial charge is 0.472 e. The summed E-state index contributed by atoms with van der Waals surface area (Å²) in [7, 11) is -4.68. The minimum atomic E-state index is -4.68. The Morgan fingerprint density at radius 1 is 0.603 bits per heavy atom. The van der Waals surface area contributed by atoms with Gasteiger partial charge in [-0.1, -0.05) is 136 Å². The average Bonchev–Trinajstić information content (AvgIpc) is 3.21. The molecule has 0 aromatic heterocycles. The molecule has 0 bridgehead atoms. The standard InChI is InChI=1S/C46H73O11P/c1-3-5-7-9-11-13-15-17-18-20-22-24-26-28-32-37-46(51)57-44(41-56-58(52,53)55-39-43(49)38-47)40-54-45(50)36-33-29-31-35-42(48)34-30-27-25-23-21-19-16-14-12-10-8-6-4-2/h6,8,11-14,17-19,21-22,24-25,27,29-31,34,42-44,47-49H,3-5,7,9-10,15-16,20,23,26,28,32-33,35-41H2,1-2H3,(H,52,53)/b8-6-,13-11-,14-12-,18-17-,21-19-,24-22-,27-25-,31-29-,34-30-/t42?,43-,44+/m0/s1. The molecular formula is C46H73O11P. The highest BCUT2D eigenvalue weighted by Gasteiger charge is 2.27. The molecule has 12 heteroatoms. The van der Waals surface area contributed by atoms with Crippen molar-refractivity contribution in [3.8, 4) is 0 Å². The Kier molecular flexibility index (Phi) is 38.0. The first-order valence-electron chi connectivity index (χ1n) is 21.0. The van der Waals surface area contributed by atoms with E-state index >= 15 is 0 Å². The molecule has 58 heavy (non-hydrogen) atoms. The van der Waals surface area contributed by atoms with Crippen molar-refractivity contribution >= 4 is 19.8 Å². The summed E-state index contributed by atoms with van der Waals surface area (Å²) in [5, 5.41) is 28.5. The van der Waals surface area contributed by atoms with E-state index in [1.165, 1.54) is 19.3 Å². The number of hydrogen-bond donors (Lipinski definition) is 4. The van der Waals surface area contributed by atoms with Gasteiger partial charge < -0.3 is 29.7 Å². The van der Waals surface area contributed by atoms with Crippen molar-refractivity contribution < 1.29 is 52.9 Å². The van der Waals surface area contributed by atoms with Gasteiger partial charge in [-0.3, -0.25) is 18.6 Å². The molecule has 2 unspecified atom stereocenters. The van der Waals surface area contributed by atoms with Crippen LogP contribution in [0.5, 0.6) is 0 Å². The van der Waals surface area contributed by atoms with Gasteiger partial charge in [0.15, 0.2) is 6.10 Å². The molecule has 0 spiro atoms. The van der Waals surface area contributed by atoms with Gasteiger partial charge in [0.2, 0.25) is 0 Å². The maximum atomic E-state index is 12.6. The van der Waals surface area contributed by atoms with Gasteiger partial charge >= 0.3 is 19.8 Å². The van der Waals surface area contributed by atoms with Crippen LogP contribution in [-0.2, 0) is 32.7 Å². The smallest absolute Gasteiger partial charge is 0.462 e. The second-order valence-corrected chi connectivity index (χ2v) is 14.9. The predicted octanol–water partition coefficient (Wildman–Crippen LogP) is 9.97. The zero-order chi connectivity index (χ0) is 42.8. The van der Waals surface area contributed by atoms with Crippen molar-refractivity contribution in [3.05, 3.63) is 109 Å². The van der Waals surface area contributed by atoms with Crippen LogP contribution in [-0.4, -0.2) is 76.9 Å². The van der Waals surface area contributed by atoms with Crippen LogP contribution in [0.15, 0.2) is 109 Å². The van der Waals surface area contributed by atoms with Crippen molar-refractivity contribution in [2.75, 3.05) is 26.4 Å². The SMILES string of the molecule is CC/C=C\C/C=C\C/C=C\C/C=C\C=C/C(O)C/C=C\CCC(=O)OC[C@H](COP(=O)(O)OC[C@@H](O)CO)OC(=O)CCCC/C=C\C/C=C\C/C=C\CCCCC. The van der Waals surface area contributed by atoms with Crippen LogP contribution in [0, 0.1) is 0 Å². The van der Waals surface area contributed by atoms with E-state index in [0.717, 1.165) is 57.8 Å². The number of esters is 2. The van der Waals surface area contributed by atoms with Crippen LogP contribution in [0.4, 0.5) is 0 Å². The second-order valence-electron chi connectivity index (χ2n) is 13.5. The van der Waals surface area contributed by atoms with E-state index in [9.17, 15) is 29.3 Å². The first-order chi connectivity index (χ1) is 28.1. The maximum absolute atomic E-state index is 12.6. The number of aliphatic hydroxyl groups is 3. The van der Waals surface area contributed by atoms with Crippen LogP contribution >= 0.6 is 7.82 Å². The number of carbonyl (C=O) groups is 2. The molecule has 0 aromatic rings. The molecule has 0 saturated heterocycles. The molecule has 4 atom stereocenters. The molecule has 0 rings (SSSR count). The molecular weight excluding hydrogens is 759 g/mol. The molecule has 0 aliphatic rings. The van der Waals surface area contributed by atoms with Crippen LogP contribution < -0.4 is 0 Å². The monoisotopic (exact) mass is 832 g/mol. The van der Waals surface area contributed by atoms with E-state index in [-0.39, 0.29) is 12.8 Å². The minimum Gasteiger partial charge on any atom is -0.462 e. The summed E-state index contributed by atoms with van der Waals surface area (Å²) in [6, 6.07) is 0. The van der Waals surface area contributed by atoms with Crippen molar-refractivity contribution in [3.63, 3.8) is 0 Å². The molecule has 0 aliphatic carbocycles. The van der Waals surface area contributed by atoms with Gasteiger partial charge in [0.05, 0.1) is 25.9 Å². The fourth-order valence-corrected chi connectivity index (χ4v) is 5.54. The number of unbranched alkanes of at least 4 members (excludes halogenated alkanes) is 5. The Balaban J connectivity index is 4.62. The Hall–Kier alpha value is -3.41. The summed E-state index contributed by atoms with van der Waals surface area (Å²) in [6.07, 6.45) is 46.6. The molecule has 0 aliphatic heterocycles. The fraction of sp³-hybridized carbons (Fsp3) is 0.565. The number of allylic oxidation sites excluding steroid dienone is 16. The van der Waals surface area contributed by atoms with Crippen molar-refractivity contribution in [1.82, 2.24) is 0 Å². The van der Waals surface area contributed by atoms with E-state index in [4.69, 9.17) is 19.1 Å². The Morgan fingerprint density at radius 3 is 1.76 bits per heavy atom. The highest BCUT2D eigenvalue weighted by Crippen LogP contribution is 2.43. The lowest BCUT2D eigenvalue weighted by atomic mass is 10.1. The highest BCUT2D eigenvalue weighted by atomic mass is 31.2. The molecule has 0 radical (unpaired) electrons. The molecule has 4 N–H and O–H groups in total. The Morgan fingerprint density at radius 2 is 1.16 bits per heavy atom. The predicted molar refractivity (Wildman–Crippen MR) is 234 cm³/mol. The van der Waals surface area contributed by atoms with Crippen LogP contribution in [0.25, 0.3) is 0 Å². The van der Waals surface area contributed by atoms with Crippen molar-refractivity contribution in [1.29, 1.82) is 0 Å². The number of hydrogen-bond acceptors (Lipinski definition) is 10. The number of ether oxygens (including phenoxy) is 2. The molecule has 328 valence electrons. The van der Waals surface area contributed by atoms with Crippen molar-refractivity contribution in [2.45, 2.75) is 141 Å². The summed E-state index contributed by atoms with van der Waals surface area (Å²) in [4.78, 5) is 34.9. The topological polar surface area (TPSA) is 169 Å². The third-order valence-corrected chi connectivity index (χ3v) is 8.96. The highest BCUT2D eigenvalue weighted by molar-refractivity contribution is 7.47. The third kappa shape index (κ3) is 39.4. The molecule has 0 fully saturated rings. The van der Waals surface area contributed by atoms with Gasteiger partial charge in [0.1, 0.15) is 12.7 Å². The second kappa shape index (κ2) is 40.4. The summed E-state index contributed by atoms with van der Waals surface area (Å²) in [6.45, 7) is 1.95. The summed E-state index contributed by atoms with van der Waals surface area (Å²) in [5.41, 5.74) is 0. The lowest BCUT2D eigenvalue weighted by molar-refractivity contribution is -0.161. The van der Waals surface area contributed by atoms with Gasteiger partial charge in [-0.25, -0.2) is 4.57 Å². The van der Waals surface area contributed by atoms with Gasteiger partial charge in [-0.05, 0) is 83.5 Å². The normalized spacial score (nSPS) is 15.5. The molecule has 0 heterocycles. The maximum Gasteiger partial charge on any atom is 0.472 e. The molecule has 0 amide bonds. The fourth-order valence-electron chi connectivity index (χ4n) is 4.75. The summed E-state index contributed by atoms with van der Waals surface area (Å²) in [5.74, 6) is -1.17. The number of aliphatic hydroxyl groups excluding tert-OH is 3. The van der Waals surface area contributed by atoms with E-state index in [0.29, 0.717) is 19.3 Å². The van der Waals surface area contributed by atoms with Crippen LogP contribution in [0.1, 0.15) is 123 Å². The van der Waals surface area contributed by atoms with Gasteiger partial charge in [-0.2, -0.15) is 0 Å². The van der Waals surface area contributed by atoms with Gasteiger partial charge in [0, 0.05) is 12.8 Å². The first kappa shape index (κ1) is 54.6. The van der Waals surface area contributed by atoms with E-state index in [1.54, 1.807) is 24.3 Å². The van der Waals surface area contributed by atoms with Crippen LogP contribution in [0.3, 0.4) is 0 Å². The Bertz CT molecular complexity index is 1340. The lowest BCUT2D eigenvalue weighted by Gasteiger charge is -2.20.